The first-order valence-corrected chi connectivity index (χ1v) is 10.0. The summed E-state index contributed by atoms with van der Waals surface area (Å²) in [4.78, 5) is 12.5. The van der Waals surface area contributed by atoms with Crippen LogP contribution in [0.4, 0.5) is 0 Å². The van der Waals surface area contributed by atoms with Gasteiger partial charge < -0.3 is 10.1 Å². The number of nitrogens with one attached hydrogen (secondary N) is 1. The monoisotopic (exact) mass is 363 g/mol. The van der Waals surface area contributed by atoms with Crippen molar-refractivity contribution in [2.45, 2.75) is 92.7 Å². The van der Waals surface area contributed by atoms with E-state index in [0.717, 1.165) is 19.3 Å². The average molecular weight is 364 g/mol. The van der Waals surface area contributed by atoms with Gasteiger partial charge in [-0.25, -0.2) is 0 Å². The first kappa shape index (κ1) is 24.7. The molecule has 0 heterocycles. The van der Waals surface area contributed by atoms with Gasteiger partial charge in [0.2, 0.25) is 0 Å². The Labute approximate surface area is 162 Å². The van der Waals surface area contributed by atoms with E-state index >= 15 is 0 Å². The highest BCUT2D eigenvalue weighted by Crippen LogP contribution is 2.23. The molecule has 3 nitrogen and oxygen atoms in total. The third kappa shape index (κ3) is 9.96. The second-order valence-corrected chi connectivity index (χ2v) is 8.58. The summed E-state index contributed by atoms with van der Waals surface area (Å²) in [7, 11) is 0. The van der Waals surface area contributed by atoms with Crippen LogP contribution in [0.15, 0.2) is 36.0 Å². The molecule has 3 heteroatoms. The van der Waals surface area contributed by atoms with E-state index in [-0.39, 0.29) is 22.5 Å². The van der Waals surface area contributed by atoms with Crippen molar-refractivity contribution < 1.29 is 9.53 Å². The van der Waals surface area contributed by atoms with E-state index < -0.39 is 0 Å². The minimum Gasteiger partial charge on any atom is -0.375 e. The van der Waals surface area contributed by atoms with Gasteiger partial charge in [0.1, 0.15) is 0 Å². The Morgan fingerprint density at radius 2 is 1.73 bits per heavy atom. The van der Waals surface area contributed by atoms with Crippen LogP contribution in [0.2, 0.25) is 0 Å². The number of rotatable bonds is 8. The minimum absolute atomic E-state index is 0.0211. The van der Waals surface area contributed by atoms with Crippen molar-refractivity contribution >= 4 is 5.91 Å². The van der Waals surface area contributed by atoms with Crippen molar-refractivity contribution in [2.75, 3.05) is 6.61 Å². The molecule has 1 aliphatic rings. The van der Waals surface area contributed by atoms with Crippen LogP contribution in [0, 0.1) is 5.41 Å². The molecule has 1 rings (SSSR count). The standard InChI is InChI=1S/C21H35NO2.C2H6/c1-8-12-21(6,7)24-16-15-20(4,5)22-18(23)17-10-9-13-19(2,3)14-11-17;1-2/h9-11,13-14H,8,12,15-16H2,1-7H3,(H,22,23);1-2H3. The van der Waals surface area contributed by atoms with Gasteiger partial charge in [-0.15, -0.1) is 0 Å². The topological polar surface area (TPSA) is 38.3 Å². The van der Waals surface area contributed by atoms with Gasteiger partial charge in [0.25, 0.3) is 5.91 Å². The molecule has 0 fully saturated rings. The lowest BCUT2D eigenvalue weighted by Crippen LogP contribution is -2.45. The van der Waals surface area contributed by atoms with Crippen molar-refractivity contribution in [2.24, 2.45) is 5.41 Å². The maximum atomic E-state index is 12.5. The van der Waals surface area contributed by atoms with Crippen molar-refractivity contribution in [3.8, 4) is 0 Å². The summed E-state index contributed by atoms with van der Waals surface area (Å²) in [5.74, 6) is -0.0357. The predicted molar refractivity (Wildman–Crippen MR) is 113 cm³/mol. The molecule has 150 valence electrons. The summed E-state index contributed by atoms with van der Waals surface area (Å²) in [6.07, 6.45) is 12.8. The second kappa shape index (κ2) is 10.7. The first-order valence-electron chi connectivity index (χ1n) is 10.0. The van der Waals surface area contributed by atoms with Gasteiger partial charge >= 0.3 is 0 Å². The Hall–Kier alpha value is -1.35. The smallest absolute Gasteiger partial charge is 0.251 e. The molecule has 0 spiro atoms. The zero-order chi connectivity index (χ0) is 20.4. The van der Waals surface area contributed by atoms with E-state index in [0.29, 0.717) is 12.2 Å². The molecular formula is C23H41NO2. The maximum absolute atomic E-state index is 12.5. The van der Waals surface area contributed by atoms with Crippen LogP contribution in [0.5, 0.6) is 0 Å². The highest BCUT2D eigenvalue weighted by atomic mass is 16.5. The lowest BCUT2D eigenvalue weighted by Gasteiger charge is -2.30. The van der Waals surface area contributed by atoms with Crippen molar-refractivity contribution in [1.29, 1.82) is 0 Å². The second-order valence-electron chi connectivity index (χ2n) is 8.58. The average Bonchev–Trinajstić information content (AvgIpc) is 2.69. The number of allylic oxidation sites excluding steroid dienone is 4. The summed E-state index contributed by atoms with van der Waals surface area (Å²) < 4.78 is 5.99. The number of carbonyl (C=O) groups excluding carboxylic acids is 1. The van der Waals surface area contributed by atoms with Gasteiger partial charge in [0, 0.05) is 23.1 Å². The van der Waals surface area contributed by atoms with E-state index in [1.165, 1.54) is 0 Å². The van der Waals surface area contributed by atoms with Gasteiger partial charge in [-0.05, 0) is 46.6 Å². The maximum Gasteiger partial charge on any atom is 0.251 e. The van der Waals surface area contributed by atoms with Crippen molar-refractivity contribution in [1.82, 2.24) is 5.32 Å². The van der Waals surface area contributed by atoms with Crippen molar-refractivity contribution in [3.05, 3.63) is 36.0 Å². The normalized spacial score (nSPS) is 16.3. The molecule has 0 radical (unpaired) electrons. The molecule has 0 aliphatic heterocycles. The third-order valence-electron chi connectivity index (χ3n) is 4.28. The molecule has 26 heavy (non-hydrogen) atoms. The number of ether oxygens (including phenoxy) is 1. The molecule has 0 aromatic heterocycles. The van der Waals surface area contributed by atoms with Crippen molar-refractivity contribution in [3.63, 3.8) is 0 Å². The summed E-state index contributed by atoms with van der Waals surface area (Å²) in [5.41, 5.74) is 0.265. The highest BCUT2D eigenvalue weighted by molar-refractivity contribution is 5.97. The molecule has 1 amide bonds. The Morgan fingerprint density at radius 3 is 2.31 bits per heavy atom. The molecule has 0 saturated heterocycles. The molecular weight excluding hydrogens is 322 g/mol. The molecule has 0 aromatic rings. The highest BCUT2D eigenvalue weighted by Gasteiger charge is 2.24. The molecule has 0 unspecified atom stereocenters. The SMILES string of the molecule is CC.CCCC(C)(C)OCCC(C)(C)NC(=O)C1=CC=CC(C)(C)C=C1. The number of carbonyl (C=O) groups is 1. The Bertz CT molecular complexity index is 522. The van der Waals surface area contributed by atoms with Crippen LogP contribution in [-0.4, -0.2) is 23.7 Å². The van der Waals surface area contributed by atoms with Crippen LogP contribution >= 0.6 is 0 Å². The summed E-state index contributed by atoms with van der Waals surface area (Å²) >= 11 is 0. The summed E-state index contributed by atoms with van der Waals surface area (Å²) in [6, 6.07) is 0. The fraction of sp³-hybridized carbons (Fsp3) is 0.696. The predicted octanol–water partition coefficient (Wildman–Crippen LogP) is 5.97. The minimum atomic E-state index is -0.306. The van der Waals surface area contributed by atoms with Crippen LogP contribution in [0.3, 0.4) is 0 Å². The number of hydrogen-bond donors (Lipinski definition) is 1. The van der Waals surface area contributed by atoms with Crippen LogP contribution < -0.4 is 5.32 Å². The molecule has 0 atom stereocenters. The van der Waals surface area contributed by atoms with Gasteiger partial charge in [0.05, 0.1) is 5.60 Å². The van der Waals surface area contributed by atoms with Gasteiger partial charge in [-0.1, -0.05) is 65.3 Å². The quantitative estimate of drug-likeness (QED) is 0.577. The van der Waals surface area contributed by atoms with E-state index in [4.69, 9.17) is 4.74 Å². The molecule has 0 aromatic carbocycles. The number of hydrogen-bond acceptors (Lipinski definition) is 2. The number of amides is 1. The Kier molecular flexibility index (Phi) is 10.2. The van der Waals surface area contributed by atoms with E-state index in [1.807, 2.05) is 45.9 Å². The first-order chi connectivity index (χ1) is 12.0. The third-order valence-corrected chi connectivity index (χ3v) is 4.28. The fourth-order valence-electron chi connectivity index (χ4n) is 2.67. The molecule has 0 saturated carbocycles. The van der Waals surface area contributed by atoms with Gasteiger partial charge in [-0.3, -0.25) is 4.79 Å². The zero-order valence-corrected chi connectivity index (χ0v) is 18.5. The molecule has 1 N–H and O–H groups in total. The van der Waals surface area contributed by atoms with E-state index in [1.54, 1.807) is 0 Å². The molecule has 0 bridgehead atoms. The lowest BCUT2D eigenvalue weighted by molar-refractivity contribution is -0.119. The van der Waals surface area contributed by atoms with E-state index in [9.17, 15) is 4.79 Å². The van der Waals surface area contributed by atoms with Gasteiger partial charge in [-0.2, -0.15) is 0 Å². The summed E-state index contributed by atoms with van der Waals surface area (Å²) in [5, 5.41) is 3.13. The Balaban J connectivity index is 0.00000301. The lowest BCUT2D eigenvalue weighted by atomic mass is 9.93. The molecule has 1 aliphatic carbocycles. The Morgan fingerprint density at radius 1 is 1.12 bits per heavy atom. The fourth-order valence-corrected chi connectivity index (χ4v) is 2.67. The van der Waals surface area contributed by atoms with Crippen LogP contribution in [0.25, 0.3) is 0 Å². The summed E-state index contributed by atoms with van der Waals surface area (Å²) in [6.45, 7) is 19.4. The van der Waals surface area contributed by atoms with Crippen LogP contribution in [-0.2, 0) is 9.53 Å². The van der Waals surface area contributed by atoms with E-state index in [2.05, 4.69) is 52.1 Å². The van der Waals surface area contributed by atoms with Gasteiger partial charge in [0.15, 0.2) is 0 Å². The van der Waals surface area contributed by atoms with Crippen LogP contribution in [0.1, 0.15) is 81.6 Å². The largest absolute Gasteiger partial charge is 0.375 e. The zero-order valence-electron chi connectivity index (χ0n) is 18.5.